The van der Waals surface area contributed by atoms with Crippen LogP contribution in [0.15, 0.2) is 59.0 Å². The lowest BCUT2D eigenvalue weighted by Gasteiger charge is -2.16. The second kappa shape index (κ2) is 7.36. The Kier molecular flexibility index (Phi) is 4.75. The Balaban J connectivity index is 1.67. The predicted molar refractivity (Wildman–Crippen MR) is 112 cm³/mol. The highest BCUT2D eigenvalue weighted by Crippen LogP contribution is 2.29. The van der Waals surface area contributed by atoms with E-state index in [0.717, 1.165) is 33.1 Å². The molecule has 0 unspecified atom stereocenters. The Morgan fingerprint density at radius 3 is 2.50 bits per heavy atom. The third-order valence-corrected chi connectivity index (χ3v) is 5.23. The van der Waals surface area contributed by atoms with E-state index in [9.17, 15) is 0 Å². The maximum Gasteiger partial charge on any atom is 0.268 e. The quantitative estimate of drug-likeness (QED) is 0.490. The van der Waals surface area contributed by atoms with Crippen LogP contribution in [0.25, 0.3) is 39.3 Å². The van der Waals surface area contributed by atoms with Crippen molar-refractivity contribution in [3.05, 3.63) is 65.8 Å². The van der Waals surface area contributed by atoms with Gasteiger partial charge in [0.1, 0.15) is 5.69 Å². The molecular formula is C21H19N5OS. The fourth-order valence-corrected chi connectivity index (χ4v) is 3.35. The fraction of sp³-hybridized carbons (Fsp3) is 0.143. The second-order valence-corrected chi connectivity index (χ2v) is 7.45. The summed E-state index contributed by atoms with van der Waals surface area (Å²) in [5.41, 5.74) is 5.05. The number of benzene rings is 1. The van der Waals surface area contributed by atoms with Crippen LogP contribution < -0.4 is 0 Å². The summed E-state index contributed by atoms with van der Waals surface area (Å²) in [6.45, 7) is 5.97. The summed E-state index contributed by atoms with van der Waals surface area (Å²) in [7, 11) is 3.95. The van der Waals surface area contributed by atoms with Gasteiger partial charge in [-0.1, -0.05) is 36.9 Å². The van der Waals surface area contributed by atoms with Crippen LogP contribution in [0.4, 0.5) is 0 Å². The van der Waals surface area contributed by atoms with E-state index in [2.05, 4.69) is 21.8 Å². The smallest absolute Gasteiger partial charge is 0.268 e. The highest BCUT2D eigenvalue weighted by molar-refractivity contribution is 7.13. The van der Waals surface area contributed by atoms with Crippen molar-refractivity contribution in [1.29, 1.82) is 0 Å². The molecule has 0 bridgehead atoms. The molecule has 0 aliphatic carbocycles. The molecule has 4 aromatic rings. The van der Waals surface area contributed by atoms with Crippen LogP contribution in [0.3, 0.4) is 0 Å². The summed E-state index contributed by atoms with van der Waals surface area (Å²) in [6.07, 6.45) is 1.76. The summed E-state index contributed by atoms with van der Waals surface area (Å²) >= 11 is 1.55. The number of thiophene rings is 1. The highest BCUT2D eigenvalue weighted by atomic mass is 32.1. The molecule has 0 spiro atoms. The standard InChI is InChI=1S/C21H19N5OS/c1-13-19(21-25-24-20(27-21)18-6-5-11-28-18)23-17(12-22-13)16-9-7-15(8-10-16)14(2)26(3)4/h5-12H,2H2,1,3-4H3. The van der Waals surface area contributed by atoms with Gasteiger partial charge in [0, 0.05) is 25.4 Å². The van der Waals surface area contributed by atoms with Crippen LogP contribution in [0.2, 0.25) is 0 Å². The molecule has 4 rings (SSSR count). The number of rotatable bonds is 5. The van der Waals surface area contributed by atoms with Gasteiger partial charge in [-0.15, -0.1) is 21.5 Å². The summed E-state index contributed by atoms with van der Waals surface area (Å²) in [5, 5.41) is 10.3. The zero-order valence-electron chi connectivity index (χ0n) is 15.9. The molecule has 0 atom stereocenters. The molecule has 0 saturated heterocycles. The Morgan fingerprint density at radius 1 is 1.07 bits per heavy atom. The van der Waals surface area contributed by atoms with E-state index < -0.39 is 0 Å². The fourth-order valence-electron chi connectivity index (χ4n) is 2.70. The van der Waals surface area contributed by atoms with Crippen LogP contribution >= 0.6 is 11.3 Å². The highest BCUT2D eigenvalue weighted by Gasteiger charge is 2.16. The third-order valence-electron chi connectivity index (χ3n) is 4.37. The van der Waals surface area contributed by atoms with Gasteiger partial charge in [0.05, 0.1) is 22.5 Å². The summed E-state index contributed by atoms with van der Waals surface area (Å²) in [5.74, 6) is 0.857. The third kappa shape index (κ3) is 3.44. The summed E-state index contributed by atoms with van der Waals surface area (Å²) in [4.78, 5) is 12.1. The van der Waals surface area contributed by atoms with E-state index in [1.165, 1.54) is 0 Å². The normalized spacial score (nSPS) is 10.8. The number of aryl methyl sites for hydroxylation is 1. The zero-order chi connectivity index (χ0) is 19.7. The molecule has 140 valence electrons. The Hall–Kier alpha value is -3.32. The van der Waals surface area contributed by atoms with Crippen molar-refractivity contribution >= 4 is 17.0 Å². The lowest BCUT2D eigenvalue weighted by molar-refractivity contribution is 0.582. The van der Waals surface area contributed by atoms with Crippen LogP contribution in [-0.4, -0.2) is 39.2 Å². The van der Waals surface area contributed by atoms with E-state index in [4.69, 9.17) is 9.40 Å². The molecule has 3 heterocycles. The number of aromatic nitrogens is 4. The lowest BCUT2D eigenvalue weighted by atomic mass is 10.1. The van der Waals surface area contributed by atoms with Gasteiger partial charge < -0.3 is 9.32 Å². The molecule has 0 N–H and O–H groups in total. The van der Waals surface area contributed by atoms with Gasteiger partial charge in [0.15, 0.2) is 0 Å². The van der Waals surface area contributed by atoms with Gasteiger partial charge in [-0.2, -0.15) is 0 Å². The van der Waals surface area contributed by atoms with Gasteiger partial charge in [0.25, 0.3) is 11.8 Å². The number of hydrogen-bond acceptors (Lipinski definition) is 7. The van der Waals surface area contributed by atoms with Gasteiger partial charge in [-0.05, 0) is 23.9 Å². The van der Waals surface area contributed by atoms with Crippen molar-refractivity contribution in [2.75, 3.05) is 14.1 Å². The first-order valence-corrected chi connectivity index (χ1v) is 9.59. The first-order chi connectivity index (χ1) is 13.5. The minimum Gasteiger partial charge on any atom is -0.414 e. The number of hydrogen-bond donors (Lipinski definition) is 0. The van der Waals surface area contributed by atoms with E-state index in [-0.39, 0.29) is 0 Å². The van der Waals surface area contributed by atoms with E-state index >= 15 is 0 Å². The van der Waals surface area contributed by atoms with E-state index in [1.54, 1.807) is 17.5 Å². The summed E-state index contributed by atoms with van der Waals surface area (Å²) in [6, 6.07) is 12.0. The monoisotopic (exact) mass is 389 g/mol. The Morgan fingerprint density at radius 2 is 1.82 bits per heavy atom. The van der Waals surface area contributed by atoms with Crippen LogP contribution in [0.1, 0.15) is 11.3 Å². The molecule has 0 radical (unpaired) electrons. The van der Waals surface area contributed by atoms with Crippen LogP contribution in [0, 0.1) is 6.92 Å². The Bertz CT molecular complexity index is 1110. The van der Waals surface area contributed by atoms with Crippen molar-refractivity contribution in [3.8, 4) is 33.6 Å². The molecule has 6 nitrogen and oxygen atoms in total. The molecule has 0 amide bonds. The number of nitrogens with zero attached hydrogens (tertiary/aromatic N) is 5. The topological polar surface area (TPSA) is 67.9 Å². The SMILES string of the molecule is C=C(c1ccc(-c2cnc(C)c(-c3nnc(-c4cccs4)o3)n2)cc1)N(C)C. The maximum atomic E-state index is 5.83. The molecule has 3 aromatic heterocycles. The molecule has 1 aromatic carbocycles. The molecule has 28 heavy (non-hydrogen) atoms. The van der Waals surface area contributed by atoms with Crippen molar-refractivity contribution in [3.63, 3.8) is 0 Å². The first-order valence-electron chi connectivity index (χ1n) is 8.71. The van der Waals surface area contributed by atoms with Gasteiger partial charge >= 0.3 is 0 Å². The van der Waals surface area contributed by atoms with Crippen molar-refractivity contribution < 1.29 is 4.42 Å². The van der Waals surface area contributed by atoms with E-state index in [1.807, 2.05) is 67.7 Å². The molecule has 0 saturated carbocycles. The van der Waals surface area contributed by atoms with Gasteiger partial charge in [-0.3, -0.25) is 4.98 Å². The molecule has 7 heteroatoms. The zero-order valence-corrected chi connectivity index (χ0v) is 16.7. The molecule has 0 aliphatic heterocycles. The first kappa shape index (κ1) is 18.1. The van der Waals surface area contributed by atoms with Crippen LogP contribution in [0.5, 0.6) is 0 Å². The molecule has 0 fully saturated rings. The van der Waals surface area contributed by atoms with Crippen molar-refractivity contribution in [2.45, 2.75) is 6.92 Å². The molecule has 0 aliphatic rings. The van der Waals surface area contributed by atoms with Crippen molar-refractivity contribution in [1.82, 2.24) is 25.1 Å². The van der Waals surface area contributed by atoms with Crippen molar-refractivity contribution in [2.24, 2.45) is 0 Å². The average molecular weight is 389 g/mol. The van der Waals surface area contributed by atoms with Gasteiger partial charge in [-0.25, -0.2) is 4.98 Å². The van der Waals surface area contributed by atoms with Crippen LogP contribution in [-0.2, 0) is 0 Å². The Labute approximate surface area is 167 Å². The lowest BCUT2D eigenvalue weighted by Crippen LogP contribution is -2.08. The second-order valence-electron chi connectivity index (χ2n) is 6.50. The maximum absolute atomic E-state index is 5.83. The minimum absolute atomic E-state index is 0.368. The predicted octanol–water partition coefficient (Wildman–Crippen LogP) is 4.76. The largest absolute Gasteiger partial charge is 0.414 e. The average Bonchev–Trinajstić information content (AvgIpc) is 3.39. The van der Waals surface area contributed by atoms with E-state index in [0.29, 0.717) is 17.5 Å². The summed E-state index contributed by atoms with van der Waals surface area (Å²) < 4.78 is 5.83. The van der Waals surface area contributed by atoms with Gasteiger partial charge in [0.2, 0.25) is 0 Å². The minimum atomic E-state index is 0.368. The molecular weight excluding hydrogens is 370 g/mol.